The molecule has 0 aromatic heterocycles. The summed E-state index contributed by atoms with van der Waals surface area (Å²) in [4.78, 5) is 37.2. The van der Waals surface area contributed by atoms with Crippen LogP contribution in [-0.4, -0.2) is 51.5 Å². The smallest absolute Gasteiger partial charge is 0.326 e. The Labute approximate surface area is 140 Å². The average Bonchev–Trinajstić information content (AvgIpc) is 3.00. The van der Waals surface area contributed by atoms with Gasteiger partial charge in [0, 0.05) is 12.1 Å². The molecule has 7 heteroatoms. The standard InChI is InChI=1S/C17H22N2O5/c1-9-7-12(8-10(2)14(9)20)15(21)18-11(3)16(22)19-6-4-5-13(19)17(23)24/h7-8,11,13,20H,4-6H2,1-3H3,(H,18,21)(H,23,24). The molecular formula is C17H22N2O5. The van der Waals surface area contributed by atoms with E-state index in [1.54, 1.807) is 26.0 Å². The number of aliphatic carboxylic acids is 1. The molecule has 0 spiro atoms. The number of amides is 2. The molecule has 1 heterocycles. The van der Waals surface area contributed by atoms with Crippen LogP contribution in [0.3, 0.4) is 0 Å². The molecule has 24 heavy (non-hydrogen) atoms. The van der Waals surface area contributed by atoms with Gasteiger partial charge in [0.15, 0.2) is 0 Å². The molecule has 1 saturated heterocycles. The topological polar surface area (TPSA) is 107 Å². The minimum absolute atomic E-state index is 0.136. The Balaban J connectivity index is 2.08. The van der Waals surface area contributed by atoms with Gasteiger partial charge < -0.3 is 20.4 Å². The lowest BCUT2D eigenvalue weighted by molar-refractivity contribution is -0.148. The lowest BCUT2D eigenvalue weighted by Gasteiger charge is -2.25. The van der Waals surface area contributed by atoms with E-state index in [-0.39, 0.29) is 5.75 Å². The number of aryl methyl sites for hydroxylation is 2. The van der Waals surface area contributed by atoms with Crippen molar-refractivity contribution in [1.29, 1.82) is 0 Å². The highest BCUT2D eigenvalue weighted by atomic mass is 16.4. The molecule has 2 amide bonds. The van der Waals surface area contributed by atoms with E-state index in [4.69, 9.17) is 5.11 Å². The number of hydrogen-bond acceptors (Lipinski definition) is 4. The maximum absolute atomic E-state index is 12.4. The van der Waals surface area contributed by atoms with Gasteiger partial charge in [-0.1, -0.05) is 0 Å². The van der Waals surface area contributed by atoms with Crippen LogP contribution in [0.5, 0.6) is 5.75 Å². The lowest BCUT2D eigenvalue weighted by Crippen LogP contribution is -2.50. The average molecular weight is 334 g/mol. The monoisotopic (exact) mass is 334 g/mol. The highest BCUT2D eigenvalue weighted by Crippen LogP contribution is 2.23. The maximum atomic E-state index is 12.4. The molecule has 1 fully saturated rings. The number of phenols is 1. The van der Waals surface area contributed by atoms with Gasteiger partial charge in [-0.2, -0.15) is 0 Å². The highest BCUT2D eigenvalue weighted by Gasteiger charge is 2.36. The minimum Gasteiger partial charge on any atom is -0.507 e. The fourth-order valence-corrected chi connectivity index (χ4v) is 2.96. The fraction of sp³-hybridized carbons (Fsp3) is 0.471. The number of rotatable bonds is 4. The first-order valence-corrected chi connectivity index (χ1v) is 7.86. The molecule has 1 aromatic rings. The second kappa shape index (κ2) is 6.90. The van der Waals surface area contributed by atoms with E-state index in [9.17, 15) is 19.5 Å². The summed E-state index contributed by atoms with van der Waals surface area (Å²) < 4.78 is 0. The van der Waals surface area contributed by atoms with E-state index in [2.05, 4.69) is 5.32 Å². The molecule has 2 rings (SSSR count). The third-order valence-corrected chi connectivity index (χ3v) is 4.29. The molecule has 0 radical (unpaired) electrons. The molecule has 7 nitrogen and oxygen atoms in total. The highest BCUT2D eigenvalue weighted by molar-refractivity contribution is 5.98. The predicted molar refractivity (Wildman–Crippen MR) is 86.9 cm³/mol. The number of carboxylic acids is 1. The van der Waals surface area contributed by atoms with Gasteiger partial charge in [-0.05, 0) is 56.9 Å². The first kappa shape index (κ1) is 17.8. The third kappa shape index (κ3) is 3.50. The largest absolute Gasteiger partial charge is 0.507 e. The summed E-state index contributed by atoms with van der Waals surface area (Å²) in [6, 6.07) is 1.44. The maximum Gasteiger partial charge on any atom is 0.326 e. The van der Waals surface area contributed by atoms with E-state index in [0.717, 1.165) is 0 Å². The van der Waals surface area contributed by atoms with Crippen LogP contribution in [0.2, 0.25) is 0 Å². The summed E-state index contributed by atoms with van der Waals surface area (Å²) in [5.74, 6) is -1.73. The Morgan fingerprint density at radius 2 is 1.83 bits per heavy atom. The quantitative estimate of drug-likeness (QED) is 0.767. The second-order valence-electron chi connectivity index (χ2n) is 6.18. The van der Waals surface area contributed by atoms with Crippen molar-refractivity contribution in [3.8, 4) is 5.75 Å². The molecule has 1 aromatic carbocycles. The van der Waals surface area contributed by atoms with Crippen molar-refractivity contribution in [2.75, 3.05) is 6.54 Å². The van der Waals surface area contributed by atoms with Gasteiger partial charge in [-0.15, -0.1) is 0 Å². The van der Waals surface area contributed by atoms with E-state index in [0.29, 0.717) is 36.1 Å². The Bertz CT molecular complexity index is 663. The van der Waals surface area contributed by atoms with Crippen molar-refractivity contribution >= 4 is 17.8 Å². The van der Waals surface area contributed by atoms with Gasteiger partial charge in [0.05, 0.1) is 0 Å². The van der Waals surface area contributed by atoms with Gasteiger partial charge in [0.2, 0.25) is 5.91 Å². The summed E-state index contributed by atoms with van der Waals surface area (Å²) in [6.07, 6.45) is 1.07. The van der Waals surface area contributed by atoms with Crippen molar-refractivity contribution in [2.45, 2.75) is 45.7 Å². The van der Waals surface area contributed by atoms with Crippen LogP contribution in [0, 0.1) is 13.8 Å². The summed E-state index contributed by atoms with van der Waals surface area (Å²) in [5.41, 5.74) is 1.49. The van der Waals surface area contributed by atoms with Crippen LogP contribution in [0.25, 0.3) is 0 Å². The molecular weight excluding hydrogens is 312 g/mol. The Morgan fingerprint density at radius 1 is 1.25 bits per heavy atom. The van der Waals surface area contributed by atoms with Gasteiger partial charge in [0.25, 0.3) is 5.91 Å². The first-order valence-electron chi connectivity index (χ1n) is 7.86. The number of likely N-dealkylation sites (tertiary alicyclic amines) is 1. The number of carboxylic acid groups (broad SMARTS) is 1. The number of carbonyl (C=O) groups excluding carboxylic acids is 2. The number of benzene rings is 1. The number of aromatic hydroxyl groups is 1. The van der Waals surface area contributed by atoms with E-state index < -0.39 is 29.9 Å². The zero-order chi connectivity index (χ0) is 18.0. The van der Waals surface area contributed by atoms with Crippen molar-refractivity contribution in [2.24, 2.45) is 0 Å². The van der Waals surface area contributed by atoms with Crippen molar-refractivity contribution < 1.29 is 24.6 Å². The lowest BCUT2D eigenvalue weighted by atomic mass is 10.0. The summed E-state index contributed by atoms with van der Waals surface area (Å²) in [7, 11) is 0. The molecule has 130 valence electrons. The molecule has 2 unspecified atom stereocenters. The van der Waals surface area contributed by atoms with Gasteiger partial charge in [-0.3, -0.25) is 9.59 Å². The SMILES string of the molecule is Cc1cc(C(=O)NC(C)C(=O)N2CCCC2C(=O)O)cc(C)c1O. The zero-order valence-corrected chi connectivity index (χ0v) is 14.0. The number of phenolic OH excluding ortho intramolecular Hbond substituents is 1. The molecule has 0 saturated carbocycles. The fourth-order valence-electron chi connectivity index (χ4n) is 2.96. The summed E-state index contributed by atoms with van der Waals surface area (Å²) in [5, 5.41) is 21.5. The third-order valence-electron chi connectivity index (χ3n) is 4.29. The summed E-state index contributed by atoms with van der Waals surface area (Å²) in [6.45, 7) is 5.30. The van der Waals surface area contributed by atoms with Crippen LogP contribution in [0.4, 0.5) is 0 Å². The molecule has 0 bridgehead atoms. The Hall–Kier alpha value is -2.57. The van der Waals surface area contributed by atoms with Crippen molar-refractivity contribution in [3.05, 3.63) is 28.8 Å². The van der Waals surface area contributed by atoms with Crippen LogP contribution < -0.4 is 5.32 Å². The predicted octanol–water partition coefficient (Wildman–Crippen LogP) is 1.20. The minimum atomic E-state index is -1.02. The van der Waals surface area contributed by atoms with Crippen molar-refractivity contribution in [1.82, 2.24) is 10.2 Å². The number of nitrogens with zero attached hydrogens (tertiary/aromatic N) is 1. The number of nitrogens with one attached hydrogen (secondary N) is 1. The van der Waals surface area contributed by atoms with Crippen molar-refractivity contribution in [3.63, 3.8) is 0 Å². The second-order valence-corrected chi connectivity index (χ2v) is 6.18. The van der Waals surface area contributed by atoms with E-state index >= 15 is 0 Å². The Morgan fingerprint density at radius 3 is 2.38 bits per heavy atom. The van der Waals surface area contributed by atoms with Gasteiger partial charge >= 0.3 is 5.97 Å². The molecule has 3 N–H and O–H groups in total. The van der Waals surface area contributed by atoms with E-state index in [1.807, 2.05) is 0 Å². The Kier molecular flexibility index (Phi) is 5.11. The molecule has 0 aliphatic carbocycles. The summed E-state index contributed by atoms with van der Waals surface area (Å²) >= 11 is 0. The van der Waals surface area contributed by atoms with Gasteiger partial charge in [0.1, 0.15) is 17.8 Å². The number of hydrogen-bond donors (Lipinski definition) is 3. The van der Waals surface area contributed by atoms with E-state index in [1.165, 1.54) is 11.8 Å². The molecule has 2 atom stereocenters. The van der Waals surface area contributed by atoms with Crippen LogP contribution >= 0.6 is 0 Å². The van der Waals surface area contributed by atoms with Crippen LogP contribution in [-0.2, 0) is 9.59 Å². The first-order chi connectivity index (χ1) is 11.2. The number of carbonyl (C=O) groups is 3. The van der Waals surface area contributed by atoms with Crippen LogP contribution in [0.15, 0.2) is 12.1 Å². The van der Waals surface area contributed by atoms with Crippen LogP contribution in [0.1, 0.15) is 41.3 Å². The molecule has 1 aliphatic heterocycles. The molecule has 1 aliphatic rings. The van der Waals surface area contributed by atoms with Gasteiger partial charge in [-0.25, -0.2) is 4.79 Å². The normalized spacial score (nSPS) is 18.3. The zero-order valence-electron chi connectivity index (χ0n) is 14.0.